The van der Waals surface area contributed by atoms with Crippen LogP contribution in [0.5, 0.6) is 0 Å². The van der Waals surface area contributed by atoms with Gasteiger partial charge < -0.3 is 29.8 Å². The number of fused-ring (bicyclic) bond motifs is 1. The molecule has 51 heavy (non-hydrogen) atoms. The van der Waals surface area contributed by atoms with E-state index in [1.807, 2.05) is 116 Å². The van der Waals surface area contributed by atoms with Crippen molar-refractivity contribution in [3.8, 4) is 0 Å². The number of Topliss-reactive ketones (excluding diaryl/α,β-unsaturated/α-hetero) is 1. The Hall–Kier alpha value is -5.61. The molecule has 9 heteroatoms. The molecule has 0 bridgehead atoms. The van der Waals surface area contributed by atoms with Gasteiger partial charge in [-0.2, -0.15) is 0 Å². The first-order chi connectivity index (χ1) is 24.9. The number of ketones is 1. The second-order valence-corrected chi connectivity index (χ2v) is 12.9. The molecule has 7 rings (SSSR count). The minimum absolute atomic E-state index is 0.0528. The number of nitrogens with one attached hydrogen (secondary N) is 2. The van der Waals surface area contributed by atoms with Crippen molar-refractivity contribution in [3.05, 3.63) is 168 Å². The number of anilines is 1. The van der Waals surface area contributed by atoms with E-state index in [1.54, 1.807) is 6.07 Å². The molecule has 6 aromatic rings. The summed E-state index contributed by atoms with van der Waals surface area (Å²) in [5, 5.41) is 15.5. The molecule has 1 saturated heterocycles. The van der Waals surface area contributed by atoms with Crippen molar-refractivity contribution in [2.45, 2.75) is 57.0 Å². The van der Waals surface area contributed by atoms with Crippen LogP contribution in [-0.2, 0) is 33.8 Å². The number of imidazole rings is 1. The van der Waals surface area contributed by atoms with Crippen LogP contribution in [-0.4, -0.2) is 38.6 Å². The van der Waals surface area contributed by atoms with Crippen molar-refractivity contribution < 1.29 is 24.2 Å². The number of carbonyl (C=O) groups excluding carboxylic acids is 2. The molecule has 2 amide bonds. The van der Waals surface area contributed by atoms with Crippen molar-refractivity contribution in [3.63, 3.8) is 0 Å². The molecule has 5 unspecified atom stereocenters. The topological polar surface area (TPSA) is 115 Å². The normalized spacial score (nSPS) is 19.3. The van der Waals surface area contributed by atoms with Crippen LogP contribution in [0.4, 0.5) is 10.5 Å². The monoisotopic (exact) mass is 680 g/mol. The summed E-state index contributed by atoms with van der Waals surface area (Å²) in [6.07, 6.45) is 0.707. The van der Waals surface area contributed by atoms with E-state index in [4.69, 9.17) is 9.47 Å². The maximum atomic E-state index is 13.2. The molecule has 1 aliphatic heterocycles. The van der Waals surface area contributed by atoms with Gasteiger partial charge >= 0.3 is 6.03 Å². The minimum Gasteiger partial charge on any atom is -0.392 e. The van der Waals surface area contributed by atoms with E-state index in [0.29, 0.717) is 18.7 Å². The number of para-hydroxylation sites is 2. The predicted molar refractivity (Wildman–Crippen MR) is 196 cm³/mol. The average molecular weight is 681 g/mol. The Balaban J connectivity index is 1.19. The lowest BCUT2D eigenvalue weighted by molar-refractivity contribution is -0.263. The lowest BCUT2D eigenvalue weighted by Crippen LogP contribution is -2.43. The Morgan fingerprint density at radius 2 is 1.49 bits per heavy atom. The quantitative estimate of drug-likeness (QED) is 0.131. The van der Waals surface area contributed by atoms with Crippen LogP contribution < -0.4 is 10.6 Å². The molecule has 9 nitrogen and oxygen atoms in total. The molecule has 2 heterocycles. The minimum atomic E-state index is -0.778. The second kappa shape index (κ2) is 15.5. The third kappa shape index (κ3) is 7.91. The first kappa shape index (κ1) is 33.9. The summed E-state index contributed by atoms with van der Waals surface area (Å²) in [5.74, 6) is -0.321. The molecule has 0 saturated carbocycles. The fourth-order valence-electron chi connectivity index (χ4n) is 6.75. The third-order valence-corrected chi connectivity index (χ3v) is 9.37. The van der Waals surface area contributed by atoms with Crippen LogP contribution in [0.3, 0.4) is 0 Å². The highest BCUT2D eigenvalue weighted by atomic mass is 16.7. The Morgan fingerprint density at radius 1 is 0.784 bits per heavy atom. The Bertz CT molecular complexity index is 2080. The zero-order valence-corrected chi connectivity index (χ0v) is 28.3. The first-order valence-corrected chi connectivity index (χ1v) is 17.1. The standard InChI is InChI=1S/C42H40N4O5/c1-28(48)36(23-29-11-4-2-5-12-29)45-42(49)44-34-16-10-15-33(24-34)41-50-38(25-46-27-43-35-17-8-9-18-37(35)46)39(31-13-6-3-7-14-31)40(51-41)32-21-19-30(26-47)20-22-32/h2-22,24,27,36,38-41,47H,23,25-26H2,1H3,(H2,44,45,49). The number of aliphatic hydroxyl groups is 1. The van der Waals surface area contributed by atoms with Gasteiger partial charge in [0.2, 0.25) is 0 Å². The van der Waals surface area contributed by atoms with Crippen LogP contribution >= 0.6 is 0 Å². The highest BCUT2D eigenvalue weighted by Gasteiger charge is 2.42. The molecule has 1 fully saturated rings. The van der Waals surface area contributed by atoms with Gasteiger partial charge in [0.05, 0.1) is 48.8 Å². The third-order valence-electron chi connectivity index (χ3n) is 9.37. The molecule has 1 aromatic heterocycles. The van der Waals surface area contributed by atoms with Gasteiger partial charge in [0.25, 0.3) is 0 Å². The highest BCUT2D eigenvalue weighted by Crippen LogP contribution is 2.47. The number of benzene rings is 5. The van der Waals surface area contributed by atoms with Crippen LogP contribution in [0.15, 0.2) is 140 Å². The molecule has 0 aliphatic carbocycles. The fraction of sp³-hybridized carbons (Fsp3) is 0.214. The largest absolute Gasteiger partial charge is 0.392 e. The number of hydrogen-bond acceptors (Lipinski definition) is 6. The Morgan fingerprint density at radius 3 is 2.24 bits per heavy atom. The Kier molecular flexibility index (Phi) is 10.3. The van der Waals surface area contributed by atoms with Gasteiger partial charge in [-0.1, -0.05) is 109 Å². The van der Waals surface area contributed by atoms with Gasteiger partial charge in [0.1, 0.15) is 0 Å². The van der Waals surface area contributed by atoms with Crippen molar-refractivity contribution in [1.82, 2.24) is 14.9 Å². The summed E-state index contributed by atoms with van der Waals surface area (Å²) < 4.78 is 15.9. The van der Waals surface area contributed by atoms with Crippen molar-refractivity contribution in [2.24, 2.45) is 0 Å². The molecule has 5 atom stereocenters. The smallest absolute Gasteiger partial charge is 0.319 e. The first-order valence-electron chi connectivity index (χ1n) is 17.1. The number of urea groups is 1. The molecule has 0 spiro atoms. The molecule has 0 radical (unpaired) electrons. The van der Waals surface area contributed by atoms with Crippen molar-refractivity contribution >= 4 is 28.5 Å². The number of aromatic nitrogens is 2. The molecule has 3 N–H and O–H groups in total. The van der Waals surface area contributed by atoms with E-state index in [9.17, 15) is 14.7 Å². The van der Waals surface area contributed by atoms with Gasteiger partial charge in [-0.05, 0) is 59.9 Å². The number of amides is 2. The van der Waals surface area contributed by atoms with Crippen LogP contribution in [0.2, 0.25) is 0 Å². The summed E-state index contributed by atoms with van der Waals surface area (Å²) >= 11 is 0. The van der Waals surface area contributed by atoms with Gasteiger partial charge in [-0.15, -0.1) is 0 Å². The summed E-state index contributed by atoms with van der Waals surface area (Å²) in [7, 11) is 0. The van der Waals surface area contributed by atoms with E-state index in [1.165, 1.54) is 6.92 Å². The number of aliphatic hydroxyl groups excluding tert-OH is 1. The Labute approximate surface area is 296 Å². The van der Waals surface area contributed by atoms with E-state index in [0.717, 1.165) is 38.9 Å². The predicted octanol–water partition coefficient (Wildman–Crippen LogP) is 7.49. The molecular formula is C42H40N4O5. The maximum Gasteiger partial charge on any atom is 0.319 e. The second-order valence-electron chi connectivity index (χ2n) is 12.9. The van der Waals surface area contributed by atoms with Crippen LogP contribution in [0.1, 0.15) is 53.1 Å². The van der Waals surface area contributed by atoms with E-state index >= 15 is 0 Å². The number of carbonyl (C=O) groups is 2. The van der Waals surface area contributed by atoms with Gasteiger partial charge in [0.15, 0.2) is 12.1 Å². The SMILES string of the molecule is CC(=O)C(Cc1ccccc1)NC(=O)Nc1cccc(C2OC(Cn3cnc4ccccc43)C(c3ccccc3)C(c3ccc(CO)cc3)O2)c1. The van der Waals surface area contributed by atoms with Gasteiger partial charge in [-0.25, -0.2) is 9.78 Å². The number of rotatable bonds is 11. The van der Waals surface area contributed by atoms with Gasteiger partial charge in [-0.3, -0.25) is 4.79 Å². The summed E-state index contributed by atoms with van der Waals surface area (Å²) in [6.45, 7) is 1.94. The van der Waals surface area contributed by atoms with E-state index in [-0.39, 0.29) is 24.4 Å². The van der Waals surface area contributed by atoms with Crippen molar-refractivity contribution in [2.75, 3.05) is 5.32 Å². The number of ether oxygens (including phenoxy) is 2. The average Bonchev–Trinajstić information content (AvgIpc) is 3.57. The van der Waals surface area contributed by atoms with Crippen LogP contribution in [0, 0.1) is 0 Å². The summed E-state index contributed by atoms with van der Waals surface area (Å²) in [4.78, 5) is 30.2. The zero-order valence-electron chi connectivity index (χ0n) is 28.3. The highest BCUT2D eigenvalue weighted by molar-refractivity contribution is 5.93. The van der Waals surface area contributed by atoms with E-state index in [2.05, 4.69) is 38.4 Å². The van der Waals surface area contributed by atoms with Gasteiger partial charge in [0, 0.05) is 17.2 Å². The van der Waals surface area contributed by atoms with E-state index < -0.39 is 24.5 Å². The number of nitrogens with zero attached hydrogens (tertiary/aromatic N) is 2. The maximum absolute atomic E-state index is 13.2. The summed E-state index contributed by atoms with van der Waals surface area (Å²) in [6, 6.07) is 41.9. The number of hydrogen-bond donors (Lipinski definition) is 3. The summed E-state index contributed by atoms with van der Waals surface area (Å²) in [5.41, 5.74) is 6.97. The fourth-order valence-corrected chi connectivity index (χ4v) is 6.75. The lowest BCUT2D eigenvalue weighted by atomic mass is 9.83. The molecule has 1 aliphatic rings. The van der Waals surface area contributed by atoms with Crippen LogP contribution in [0.25, 0.3) is 11.0 Å². The lowest BCUT2D eigenvalue weighted by Gasteiger charge is -2.43. The molecule has 5 aromatic carbocycles. The molecular weight excluding hydrogens is 640 g/mol. The zero-order chi connectivity index (χ0) is 35.2. The molecule has 258 valence electrons. The van der Waals surface area contributed by atoms with Crippen molar-refractivity contribution in [1.29, 1.82) is 0 Å².